The lowest BCUT2D eigenvalue weighted by Crippen LogP contribution is -2.43. The van der Waals surface area contributed by atoms with E-state index in [4.69, 9.17) is 13.9 Å². The first-order valence-corrected chi connectivity index (χ1v) is 10.2. The molecule has 2 aromatic rings. The van der Waals surface area contributed by atoms with Gasteiger partial charge in [0, 0.05) is 24.3 Å². The maximum absolute atomic E-state index is 12.5. The highest BCUT2D eigenvalue weighted by molar-refractivity contribution is 5.94. The summed E-state index contributed by atoms with van der Waals surface area (Å²) in [7, 11) is 0. The molecule has 0 radical (unpaired) electrons. The quantitative estimate of drug-likeness (QED) is 0.525. The van der Waals surface area contributed by atoms with Crippen LogP contribution in [0.5, 0.6) is 0 Å². The average molecular weight is 413 g/mol. The Hall–Kier alpha value is -2.93. The Morgan fingerprint density at radius 2 is 1.87 bits per heavy atom. The second-order valence-electron chi connectivity index (χ2n) is 7.75. The van der Waals surface area contributed by atoms with Gasteiger partial charge in [-0.2, -0.15) is 0 Å². The van der Waals surface area contributed by atoms with Gasteiger partial charge < -0.3 is 19.2 Å². The number of amides is 1. The highest BCUT2D eigenvalue weighted by Crippen LogP contribution is 2.24. The van der Waals surface area contributed by atoms with Crippen LogP contribution in [0.2, 0.25) is 0 Å². The number of carbonyl (C=O) groups is 3. The molecular formula is C23H27NO6. The molecule has 1 aromatic heterocycles. The predicted octanol–water partition coefficient (Wildman–Crippen LogP) is 3.63. The molecule has 1 amide bonds. The van der Waals surface area contributed by atoms with E-state index in [1.165, 1.54) is 13.0 Å². The molecule has 160 valence electrons. The van der Waals surface area contributed by atoms with Gasteiger partial charge in [0.25, 0.3) is 5.91 Å². The first-order valence-electron chi connectivity index (χ1n) is 10.2. The number of ketones is 1. The van der Waals surface area contributed by atoms with Crippen LogP contribution in [0.1, 0.15) is 54.5 Å². The van der Waals surface area contributed by atoms with Crippen molar-refractivity contribution in [3.8, 4) is 11.3 Å². The molecule has 0 aliphatic carbocycles. The van der Waals surface area contributed by atoms with Crippen molar-refractivity contribution in [1.29, 1.82) is 0 Å². The van der Waals surface area contributed by atoms with Crippen LogP contribution in [0, 0.1) is 5.92 Å². The molecule has 1 fully saturated rings. The van der Waals surface area contributed by atoms with E-state index >= 15 is 0 Å². The topological polar surface area (TPSA) is 94.8 Å². The van der Waals surface area contributed by atoms with Gasteiger partial charge in [-0.25, -0.2) is 4.79 Å². The summed E-state index contributed by atoms with van der Waals surface area (Å²) in [6.45, 7) is 6.24. The third-order valence-electron chi connectivity index (χ3n) is 5.01. The van der Waals surface area contributed by atoms with Crippen molar-refractivity contribution in [3.63, 3.8) is 0 Å². The van der Waals surface area contributed by atoms with Crippen LogP contribution < -0.4 is 5.32 Å². The Balaban J connectivity index is 1.63. The number of rotatable bonds is 8. The molecule has 3 rings (SSSR count). The predicted molar refractivity (Wildman–Crippen MR) is 110 cm³/mol. The van der Waals surface area contributed by atoms with Crippen LogP contribution in [-0.4, -0.2) is 43.0 Å². The zero-order valence-corrected chi connectivity index (χ0v) is 17.5. The van der Waals surface area contributed by atoms with Gasteiger partial charge in [-0.3, -0.25) is 9.59 Å². The average Bonchev–Trinajstić information content (AvgIpc) is 3.42. The molecule has 0 saturated carbocycles. The fourth-order valence-electron chi connectivity index (χ4n) is 3.26. The highest BCUT2D eigenvalue weighted by atomic mass is 16.6. The summed E-state index contributed by atoms with van der Waals surface area (Å²) >= 11 is 0. The molecule has 2 atom stereocenters. The summed E-state index contributed by atoms with van der Waals surface area (Å²) in [5.41, 5.74) is 1.33. The van der Waals surface area contributed by atoms with E-state index in [-0.39, 0.29) is 29.5 Å². The molecule has 1 N–H and O–H groups in total. The van der Waals surface area contributed by atoms with Crippen LogP contribution in [0.15, 0.2) is 40.8 Å². The van der Waals surface area contributed by atoms with Gasteiger partial charge in [-0.15, -0.1) is 0 Å². The zero-order valence-electron chi connectivity index (χ0n) is 17.5. The van der Waals surface area contributed by atoms with E-state index in [0.29, 0.717) is 24.5 Å². The molecule has 7 nitrogen and oxygen atoms in total. The fraction of sp³-hybridized carbons (Fsp3) is 0.435. The van der Waals surface area contributed by atoms with Gasteiger partial charge >= 0.3 is 5.97 Å². The van der Waals surface area contributed by atoms with E-state index in [9.17, 15) is 14.4 Å². The van der Waals surface area contributed by atoms with Crippen molar-refractivity contribution < 1.29 is 28.3 Å². The summed E-state index contributed by atoms with van der Waals surface area (Å²) in [6.07, 6.45) is 0.984. The Labute approximate surface area is 175 Å². The van der Waals surface area contributed by atoms with Crippen LogP contribution in [-0.2, 0) is 14.3 Å². The molecule has 0 bridgehead atoms. The van der Waals surface area contributed by atoms with Gasteiger partial charge in [0.2, 0.25) is 5.76 Å². The van der Waals surface area contributed by atoms with Gasteiger partial charge in [0.1, 0.15) is 5.76 Å². The number of nitrogens with one attached hydrogen (secondary N) is 1. The summed E-state index contributed by atoms with van der Waals surface area (Å²) in [6, 6.07) is 10.1. The largest absolute Gasteiger partial charge is 0.449 e. The van der Waals surface area contributed by atoms with Crippen LogP contribution in [0.3, 0.4) is 0 Å². The first-order chi connectivity index (χ1) is 14.3. The minimum absolute atomic E-state index is 0.0122. The Morgan fingerprint density at radius 3 is 2.47 bits per heavy atom. The molecule has 2 heterocycles. The van der Waals surface area contributed by atoms with Crippen molar-refractivity contribution in [2.75, 3.05) is 13.2 Å². The van der Waals surface area contributed by atoms with Crippen LogP contribution >= 0.6 is 0 Å². The van der Waals surface area contributed by atoms with Crippen molar-refractivity contribution in [3.05, 3.63) is 47.7 Å². The SMILES string of the molecule is CC(=O)c1ccc(-c2ccc(C(=O)O[C@@H](C(=O)NC[C@H]3CCCO3)C(C)C)o2)cc1. The molecule has 1 aliphatic rings. The van der Waals surface area contributed by atoms with E-state index in [1.54, 1.807) is 30.3 Å². The summed E-state index contributed by atoms with van der Waals surface area (Å²) < 4.78 is 16.6. The second kappa shape index (κ2) is 9.71. The number of benzene rings is 1. The Morgan fingerprint density at radius 1 is 1.13 bits per heavy atom. The smallest absolute Gasteiger partial charge is 0.375 e. The van der Waals surface area contributed by atoms with Gasteiger partial charge in [0.05, 0.1) is 6.10 Å². The molecule has 0 spiro atoms. The van der Waals surface area contributed by atoms with Crippen molar-refractivity contribution in [1.82, 2.24) is 5.32 Å². The maximum atomic E-state index is 12.5. The van der Waals surface area contributed by atoms with Crippen molar-refractivity contribution >= 4 is 17.7 Å². The summed E-state index contributed by atoms with van der Waals surface area (Å²) in [4.78, 5) is 36.5. The number of esters is 1. The lowest BCUT2D eigenvalue weighted by atomic mass is 10.1. The van der Waals surface area contributed by atoms with Gasteiger partial charge in [-0.1, -0.05) is 38.1 Å². The molecule has 1 saturated heterocycles. The lowest BCUT2D eigenvalue weighted by molar-refractivity contribution is -0.132. The molecule has 0 unspecified atom stereocenters. The maximum Gasteiger partial charge on any atom is 0.375 e. The molecule has 7 heteroatoms. The fourth-order valence-corrected chi connectivity index (χ4v) is 3.26. The minimum atomic E-state index is -0.928. The first kappa shape index (κ1) is 21.8. The van der Waals surface area contributed by atoms with E-state index in [1.807, 2.05) is 13.8 Å². The highest BCUT2D eigenvalue weighted by Gasteiger charge is 2.29. The van der Waals surface area contributed by atoms with Gasteiger partial charge in [0.15, 0.2) is 11.9 Å². The Bertz CT molecular complexity index is 893. The number of Topliss-reactive ketones (excluding diaryl/α,β-unsaturated/α-hetero) is 1. The van der Waals surface area contributed by atoms with E-state index in [2.05, 4.69) is 5.32 Å². The zero-order chi connectivity index (χ0) is 21.7. The standard InChI is InChI=1S/C23H27NO6/c1-14(2)21(22(26)24-13-18-5-4-12-28-18)30-23(27)20-11-10-19(29-20)17-8-6-16(7-9-17)15(3)25/h6-11,14,18,21H,4-5,12-13H2,1-3H3,(H,24,26)/t18-,21-/m1/s1. The Kier molecular flexibility index (Phi) is 7.05. The summed E-state index contributed by atoms with van der Waals surface area (Å²) in [5, 5.41) is 2.81. The van der Waals surface area contributed by atoms with Crippen LogP contribution in [0.25, 0.3) is 11.3 Å². The number of ether oxygens (including phenoxy) is 2. The molecule has 30 heavy (non-hydrogen) atoms. The van der Waals surface area contributed by atoms with Crippen molar-refractivity contribution in [2.24, 2.45) is 5.92 Å². The monoisotopic (exact) mass is 413 g/mol. The lowest BCUT2D eigenvalue weighted by Gasteiger charge is -2.21. The third kappa shape index (κ3) is 5.36. The number of furan rings is 1. The minimum Gasteiger partial charge on any atom is -0.449 e. The number of hydrogen-bond acceptors (Lipinski definition) is 6. The second-order valence-corrected chi connectivity index (χ2v) is 7.75. The van der Waals surface area contributed by atoms with Crippen molar-refractivity contribution in [2.45, 2.75) is 45.8 Å². The number of carbonyl (C=O) groups excluding carboxylic acids is 3. The summed E-state index contributed by atoms with van der Waals surface area (Å²) in [5.74, 6) is -0.790. The van der Waals surface area contributed by atoms with Gasteiger partial charge in [-0.05, 0) is 37.8 Å². The van der Waals surface area contributed by atoms with E-state index in [0.717, 1.165) is 18.4 Å². The normalized spacial score (nSPS) is 17.0. The van der Waals surface area contributed by atoms with E-state index < -0.39 is 12.1 Å². The van der Waals surface area contributed by atoms with Crippen LogP contribution in [0.4, 0.5) is 0 Å². The molecule has 1 aliphatic heterocycles. The molecular weight excluding hydrogens is 386 g/mol. The third-order valence-corrected chi connectivity index (χ3v) is 5.01. The number of hydrogen-bond donors (Lipinski definition) is 1. The molecule has 1 aromatic carbocycles.